The van der Waals surface area contributed by atoms with Gasteiger partial charge in [0.05, 0.1) is 0 Å². The topological polar surface area (TPSA) is 25.2 Å². The van der Waals surface area contributed by atoms with Crippen LogP contribution in [0.4, 0.5) is 0 Å². The van der Waals surface area contributed by atoms with Crippen LogP contribution in [0.15, 0.2) is 27.1 Å². The monoisotopic (exact) mass is 347 g/mol. The Hall–Kier alpha value is -0.290. The molecular formula is C13H15BrClNOS. The summed E-state index contributed by atoms with van der Waals surface area (Å²) < 4.78 is 7.55. The van der Waals surface area contributed by atoms with Gasteiger partial charge in [0, 0.05) is 15.8 Å². The van der Waals surface area contributed by atoms with Gasteiger partial charge in [-0.2, -0.15) is 0 Å². The Balaban J connectivity index is 2.32. The molecule has 2 nitrogen and oxygen atoms in total. The van der Waals surface area contributed by atoms with Gasteiger partial charge in [-0.15, -0.1) is 11.3 Å². The molecule has 2 aromatic heterocycles. The molecule has 2 heterocycles. The average Bonchev–Trinajstić information content (AvgIpc) is 2.94. The van der Waals surface area contributed by atoms with E-state index in [1.165, 1.54) is 0 Å². The summed E-state index contributed by atoms with van der Waals surface area (Å²) in [5.74, 6) is 1.95. The first-order valence-corrected chi connectivity index (χ1v) is 7.91. The molecule has 2 rings (SSSR count). The molecule has 1 atom stereocenters. The number of thiophene rings is 1. The molecule has 0 fully saturated rings. The summed E-state index contributed by atoms with van der Waals surface area (Å²) >= 11 is 11.1. The first-order valence-electron chi connectivity index (χ1n) is 5.92. The molecule has 0 saturated heterocycles. The molecule has 0 amide bonds. The van der Waals surface area contributed by atoms with E-state index in [4.69, 9.17) is 16.0 Å². The van der Waals surface area contributed by atoms with E-state index >= 15 is 0 Å². The molecule has 1 unspecified atom stereocenters. The van der Waals surface area contributed by atoms with Crippen molar-refractivity contribution < 1.29 is 4.42 Å². The van der Waals surface area contributed by atoms with E-state index in [2.05, 4.69) is 41.2 Å². The van der Waals surface area contributed by atoms with Crippen LogP contribution in [0.25, 0.3) is 0 Å². The minimum Gasteiger partial charge on any atom is -0.464 e. The minimum absolute atomic E-state index is 0.0732. The molecule has 0 aliphatic heterocycles. The maximum atomic E-state index is 6.11. The van der Waals surface area contributed by atoms with Crippen molar-refractivity contribution in [3.63, 3.8) is 0 Å². The molecule has 0 aliphatic rings. The molecule has 5 heteroatoms. The van der Waals surface area contributed by atoms with E-state index in [0.717, 1.165) is 38.2 Å². The number of aryl methyl sites for hydroxylation is 1. The molecule has 1 N–H and O–H groups in total. The van der Waals surface area contributed by atoms with E-state index < -0.39 is 0 Å². The Bertz CT molecular complexity index is 503. The number of rotatable bonds is 5. The Morgan fingerprint density at radius 3 is 2.72 bits per heavy atom. The van der Waals surface area contributed by atoms with Crippen LogP contribution in [-0.2, 0) is 6.42 Å². The van der Waals surface area contributed by atoms with Crippen molar-refractivity contribution in [1.29, 1.82) is 0 Å². The summed E-state index contributed by atoms with van der Waals surface area (Å²) in [5.41, 5.74) is 0. The second-order valence-electron chi connectivity index (χ2n) is 3.92. The van der Waals surface area contributed by atoms with E-state index in [1.54, 1.807) is 11.3 Å². The molecule has 0 spiro atoms. The largest absolute Gasteiger partial charge is 0.464 e. The molecule has 0 saturated carbocycles. The van der Waals surface area contributed by atoms with E-state index in [0.29, 0.717) is 0 Å². The zero-order chi connectivity index (χ0) is 13.1. The van der Waals surface area contributed by atoms with Gasteiger partial charge in [-0.25, -0.2) is 0 Å². The van der Waals surface area contributed by atoms with Crippen molar-refractivity contribution in [2.45, 2.75) is 26.3 Å². The van der Waals surface area contributed by atoms with Crippen molar-refractivity contribution in [3.8, 4) is 0 Å². The van der Waals surface area contributed by atoms with Crippen LogP contribution in [0, 0.1) is 0 Å². The number of hydrogen-bond donors (Lipinski definition) is 1. The van der Waals surface area contributed by atoms with Crippen molar-refractivity contribution >= 4 is 38.9 Å². The van der Waals surface area contributed by atoms with Gasteiger partial charge in [0.2, 0.25) is 0 Å². The third kappa shape index (κ3) is 2.99. The molecule has 0 radical (unpaired) electrons. The smallest absolute Gasteiger partial charge is 0.126 e. The van der Waals surface area contributed by atoms with E-state index in [-0.39, 0.29) is 6.04 Å². The number of nitrogens with one attached hydrogen (secondary N) is 1. The third-order valence-corrected chi connectivity index (χ3v) is 5.21. The quantitative estimate of drug-likeness (QED) is 0.821. The fourth-order valence-electron chi connectivity index (χ4n) is 1.79. The average molecular weight is 349 g/mol. The highest BCUT2D eigenvalue weighted by Crippen LogP contribution is 2.37. The summed E-state index contributed by atoms with van der Waals surface area (Å²) in [7, 11) is 0. The fourth-order valence-corrected chi connectivity index (χ4v) is 3.61. The fraction of sp³-hybridized carbons (Fsp3) is 0.385. The van der Waals surface area contributed by atoms with Crippen LogP contribution in [0.1, 0.15) is 36.3 Å². The lowest BCUT2D eigenvalue weighted by Gasteiger charge is -2.13. The molecule has 0 aliphatic carbocycles. The highest BCUT2D eigenvalue weighted by molar-refractivity contribution is 9.10. The minimum atomic E-state index is 0.0732. The van der Waals surface area contributed by atoms with E-state index in [1.807, 2.05) is 12.1 Å². The van der Waals surface area contributed by atoms with Crippen LogP contribution < -0.4 is 5.32 Å². The zero-order valence-electron chi connectivity index (χ0n) is 10.3. The Morgan fingerprint density at radius 1 is 1.44 bits per heavy atom. The summed E-state index contributed by atoms with van der Waals surface area (Å²) in [6.07, 6.45) is 0.910. The highest BCUT2D eigenvalue weighted by atomic mass is 79.9. The number of furan rings is 1. The van der Waals surface area contributed by atoms with Gasteiger partial charge in [-0.3, -0.25) is 0 Å². The second kappa shape index (κ2) is 6.24. The lowest BCUT2D eigenvalue weighted by atomic mass is 10.2. The van der Waals surface area contributed by atoms with Gasteiger partial charge in [0.1, 0.15) is 21.9 Å². The Kier molecular flexibility index (Phi) is 4.90. The molecule has 0 aromatic carbocycles. The Labute approximate surface area is 124 Å². The highest BCUT2D eigenvalue weighted by Gasteiger charge is 2.20. The van der Waals surface area contributed by atoms with Crippen molar-refractivity contribution in [2.24, 2.45) is 0 Å². The lowest BCUT2D eigenvalue weighted by molar-refractivity contribution is 0.428. The van der Waals surface area contributed by atoms with Gasteiger partial charge in [-0.1, -0.05) is 25.4 Å². The van der Waals surface area contributed by atoms with Crippen LogP contribution in [0.3, 0.4) is 0 Å². The van der Waals surface area contributed by atoms with Gasteiger partial charge < -0.3 is 9.73 Å². The van der Waals surface area contributed by atoms with Gasteiger partial charge in [0.15, 0.2) is 0 Å². The first kappa shape index (κ1) is 14.1. The van der Waals surface area contributed by atoms with Crippen LogP contribution in [-0.4, -0.2) is 6.54 Å². The summed E-state index contributed by atoms with van der Waals surface area (Å²) in [4.78, 5) is 1.16. The van der Waals surface area contributed by atoms with Crippen LogP contribution in [0.2, 0.25) is 4.34 Å². The predicted octanol–water partition coefficient (Wildman–Crippen LogP) is 5.02. The molecule has 98 valence electrons. The van der Waals surface area contributed by atoms with Crippen molar-refractivity contribution in [2.75, 3.05) is 6.54 Å². The molecule has 18 heavy (non-hydrogen) atoms. The Morgan fingerprint density at radius 2 is 2.22 bits per heavy atom. The summed E-state index contributed by atoms with van der Waals surface area (Å²) in [6.45, 7) is 5.05. The summed E-state index contributed by atoms with van der Waals surface area (Å²) in [5, 5.41) is 3.43. The van der Waals surface area contributed by atoms with E-state index in [9.17, 15) is 0 Å². The van der Waals surface area contributed by atoms with Gasteiger partial charge >= 0.3 is 0 Å². The number of halogens is 2. The SMILES string of the molecule is CCNC(c1ccc(CC)o1)c1cc(Br)c(Cl)s1. The maximum Gasteiger partial charge on any atom is 0.126 e. The summed E-state index contributed by atoms with van der Waals surface area (Å²) in [6, 6.07) is 6.19. The predicted molar refractivity (Wildman–Crippen MR) is 80.6 cm³/mol. The second-order valence-corrected chi connectivity index (χ2v) is 6.46. The first-order chi connectivity index (χ1) is 8.65. The lowest BCUT2D eigenvalue weighted by Crippen LogP contribution is -2.20. The zero-order valence-corrected chi connectivity index (χ0v) is 13.5. The van der Waals surface area contributed by atoms with Crippen LogP contribution >= 0.6 is 38.9 Å². The van der Waals surface area contributed by atoms with Gasteiger partial charge in [0.25, 0.3) is 0 Å². The van der Waals surface area contributed by atoms with Crippen molar-refractivity contribution in [3.05, 3.63) is 43.4 Å². The molecular weight excluding hydrogens is 334 g/mol. The maximum absolute atomic E-state index is 6.11. The number of hydrogen-bond acceptors (Lipinski definition) is 3. The van der Waals surface area contributed by atoms with Gasteiger partial charge in [-0.05, 0) is 40.7 Å². The van der Waals surface area contributed by atoms with Crippen LogP contribution in [0.5, 0.6) is 0 Å². The molecule has 2 aromatic rings. The normalized spacial score (nSPS) is 12.9. The molecule has 0 bridgehead atoms. The standard InChI is InChI=1S/C13H15BrClNOS/c1-3-8-5-6-10(17-8)12(16-4-2)11-7-9(14)13(15)18-11/h5-7,12,16H,3-4H2,1-2H3. The van der Waals surface area contributed by atoms with Crippen molar-refractivity contribution in [1.82, 2.24) is 5.32 Å². The third-order valence-electron chi connectivity index (χ3n) is 2.67.